The van der Waals surface area contributed by atoms with Gasteiger partial charge in [0.05, 0.1) is 13.7 Å². The maximum absolute atomic E-state index is 11.0. The van der Waals surface area contributed by atoms with Gasteiger partial charge in [-0.3, -0.25) is 4.57 Å². The third kappa shape index (κ3) is 4.32. The highest BCUT2D eigenvalue weighted by molar-refractivity contribution is 7.51. The molecule has 2 aromatic rings. The van der Waals surface area contributed by atoms with Crippen molar-refractivity contribution < 1.29 is 23.8 Å². The van der Waals surface area contributed by atoms with E-state index in [1.165, 1.54) is 6.33 Å². The van der Waals surface area contributed by atoms with Gasteiger partial charge in [-0.15, -0.1) is 0 Å². The van der Waals surface area contributed by atoms with Crippen molar-refractivity contribution in [3.05, 3.63) is 24.5 Å². The predicted octanol–water partition coefficient (Wildman–Crippen LogP) is 2.40. The Hall–Kier alpha value is -1.73. The molecule has 0 spiro atoms. The molecule has 1 fully saturated rings. The summed E-state index contributed by atoms with van der Waals surface area (Å²) in [5, 5.41) is 0.923. The van der Waals surface area contributed by atoms with Gasteiger partial charge in [0.1, 0.15) is 29.8 Å². The summed E-state index contributed by atoms with van der Waals surface area (Å²) in [6.45, 7) is 3.92. The summed E-state index contributed by atoms with van der Waals surface area (Å²) < 4.78 is 21.7. The van der Waals surface area contributed by atoms with Crippen molar-refractivity contribution in [1.82, 2.24) is 9.97 Å². The summed E-state index contributed by atoms with van der Waals surface area (Å²) in [4.78, 5) is 29.0. The van der Waals surface area contributed by atoms with Crippen molar-refractivity contribution in [3.63, 3.8) is 0 Å². The molecule has 1 aromatic carbocycles. The van der Waals surface area contributed by atoms with E-state index >= 15 is 0 Å². The second kappa shape index (κ2) is 7.48. The first-order valence-corrected chi connectivity index (χ1v) is 10.3. The maximum Gasteiger partial charge on any atom is 0.350 e. The summed E-state index contributed by atoms with van der Waals surface area (Å²) in [6.07, 6.45) is 2.87. The SMILES string of the molecule is COc1cccc2c(N3CCC[C@@](C)(COCP(=O)(O)O)C3)ncnc12. The molecular formula is C17H24N3O5P. The molecule has 0 bridgehead atoms. The summed E-state index contributed by atoms with van der Waals surface area (Å²) in [6, 6.07) is 5.76. The fourth-order valence-corrected chi connectivity index (χ4v) is 3.82. The summed E-state index contributed by atoms with van der Waals surface area (Å²) >= 11 is 0. The zero-order chi connectivity index (χ0) is 18.8. The molecule has 0 unspecified atom stereocenters. The molecule has 1 saturated heterocycles. The van der Waals surface area contributed by atoms with E-state index in [1.54, 1.807) is 7.11 Å². The average Bonchev–Trinajstić information content (AvgIpc) is 2.59. The van der Waals surface area contributed by atoms with Crippen LogP contribution in [0.3, 0.4) is 0 Å². The normalized spacial score (nSPS) is 21.2. The lowest BCUT2D eigenvalue weighted by Gasteiger charge is -2.41. The van der Waals surface area contributed by atoms with E-state index < -0.39 is 13.9 Å². The number of fused-ring (bicyclic) bond motifs is 1. The Kier molecular flexibility index (Phi) is 5.48. The molecule has 0 amide bonds. The number of methoxy groups -OCH3 is 1. The molecule has 1 atom stereocenters. The quantitative estimate of drug-likeness (QED) is 0.735. The minimum atomic E-state index is -4.15. The summed E-state index contributed by atoms with van der Waals surface area (Å²) in [5.41, 5.74) is 0.564. The summed E-state index contributed by atoms with van der Waals surface area (Å²) in [5.74, 6) is 1.55. The van der Waals surface area contributed by atoms with Crippen molar-refractivity contribution in [1.29, 1.82) is 0 Å². The fraction of sp³-hybridized carbons (Fsp3) is 0.529. The number of aromatic nitrogens is 2. The first kappa shape index (κ1) is 19.0. The van der Waals surface area contributed by atoms with Gasteiger partial charge in [0, 0.05) is 23.9 Å². The van der Waals surface area contributed by atoms with Gasteiger partial charge in [-0.1, -0.05) is 13.0 Å². The number of benzene rings is 1. The highest BCUT2D eigenvalue weighted by atomic mass is 31.2. The highest BCUT2D eigenvalue weighted by Gasteiger charge is 2.33. The third-order valence-corrected chi connectivity index (χ3v) is 5.14. The lowest BCUT2D eigenvalue weighted by molar-refractivity contribution is 0.0610. The molecule has 0 aliphatic carbocycles. The van der Waals surface area contributed by atoms with Gasteiger partial charge in [-0.25, -0.2) is 9.97 Å². The van der Waals surface area contributed by atoms with Crippen LogP contribution in [0.2, 0.25) is 0 Å². The van der Waals surface area contributed by atoms with E-state index in [0.29, 0.717) is 18.9 Å². The van der Waals surface area contributed by atoms with Gasteiger partial charge in [0.15, 0.2) is 0 Å². The third-order valence-electron chi connectivity index (χ3n) is 4.62. The van der Waals surface area contributed by atoms with Crippen LogP contribution in [0.25, 0.3) is 10.9 Å². The predicted molar refractivity (Wildman–Crippen MR) is 98.5 cm³/mol. The molecule has 2 heterocycles. The van der Waals surface area contributed by atoms with E-state index in [4.69, 9.17) is 19.3 Å². The van der Waals surface area contributed by atoms with Crippen molar-refractivity contribution >= 4 is 24.3 Å². The van der Waals surface area contributed by atoms with Gasteiger partial charge >= 0.3 is 7.60 Å². The van der Waals surface area contributed by atoms with E-state index in [2.05, 4.69) is 21.8 Å². The Morgan fingerprint density at radius 2 is 2.15 bits per heavy atom. The molecule has 142 valence electrons. The number of anilines is 1. The molecule has 1 aliphatic heterocycles. The van der Waals surface area contributed by atoms with Crippen molar-refractivity contribution in [2.75, 3.05) is 38.1 Å². The fourth-order valence-electron chi connectivity index (χ4n) is 3.49. The number of rotatable bonds is 6. The molecule has 0 saturated carbocycles. The number of para-hydroxylation sites is 1. The van der Waals surface area contributed by atoms with E-state index in [0.717, 1.165) is 36.1 Å². The zero-order valence-electron chi connectivity index (χ0n) is 15.0. The molecule has 8 nitrogen and oxygen atoms in total. The molecular weight excluding hydrogens is 357 g/mol. The van der Waals surface area contributed by atoms with Gasteiger partial charge in [0.2, 0.25) is 0 Å². The van der Waals surface area contributed by atoms with Crippen LogP contribution in [0.5, 0.6) is 5.75 Å². The maximum atomic E-state index is 11.0. The Balaban J connectivity index is 1.81. The van der Waals surface area contributed by atoms with Gasteiger partial charge < -0.3 is 24.2 Å². The lowest BCUT2D eigenvalue weighted by atomic mass is 9.82. The van der Waals surface area contributed by atoms with Crippen molar-refractivity contribution in [2.24, 2.45) is 5.41 Å². The minimum Gasteiger partial charge on any atom is -0.494 e. The van der Waals surface area contributed by atoms with Crippen molar-refractivity contribution in [2.45, 2.75) is 19.8 Å². The number of hydrogen-bond acceptors (Lipinski definition) is 6. The molecule has 3 rings (SSSR count). The van der Waals surface area contributed by atoms with Crippen LogP contribution >= 0.6 is 7.60 Å². The van der Waals surface area contributed by atoms with E-state index in [9.17, 15) is 4.57 Å². The molecule has 0 radical (unpaired) electrons. The summed E-state index contributed by atoms with van der Waals surface area (Å²) in [7, 11) is -2.53. The molecule has 1 aliphatic rings. The van der Waals surface area contributed by atoms with Gasteiger partial charge in [-0.05, 0) is 25.0 Å². The number of hydrogen-bond donors (Lipinski definition) is 2. The van der Waals surface area contributed by atoms with Crippen LogP contribution in [-0.4, -0.2) is 52.9 Å². The van der Waals surface area contributed by atoms with Crippen LogP contribution in [-0.2, 0) is 9.30 Å². The Labute approximate surface area is 152 Å². The molecule has 1 aromatic heterocycles. The van der Waals surface area contributed by atoms with Gasteiger partial charge in [0.25, 0.3) is 0 Å². The van der Waals surface area contributed by atoms with Crippen molar-refractivity contribution in [3.8, 4) is 5.75 Å². The first-order valence-electron chi connectivity index (χ1n) is 8.46. The lowest BCUT2D eigenvalue weighted by Crippen LogP contribution is -2.44. The molecule has 2 N–H and O–H groups in total. The number of ether oxygens (including phenoxy) is 2. The Morgan fingerprint density at radius 3 is 2.88 bits per heavy atom. The van der Waals surface area contributed by atoms with Crippen LogP contribution in [0.4, 0.5) is 5.82 Å². The van der Waals surface area contributed by atoms with Crippen LogP contribution in [0.15, 0.2) is 24.5 Å². The van der Waals surface area contributed by atoms with Crippen LogP contribution < -0.4 is 9.64 Å². The number of nitrogens with zero attached hydrogens (tertiary/aromatic N) is 3. The topological polar surface area (TPSA) is 105 Å². The van der Waals surface area contributed by atoms with Crippen LogP contribution in [0, 0.1) is 5.41 Å². The monoisotopic (exact) mass is 381 g/mol. The molecule has 26 heavy (non-hydrogen) atoms. The standard InChI is InChI=1S/C17H24N3O5P/c1-17(10-25-12-26(21,22)23)7-4-8-20(9-17)16-13-5-3-6-14(24-2)15(13)18-11-19-16/h3,5-6,11H,4,7-10,12H2,1-2H3,(H2,21,22,23)/t17-/m1/s1. The zero-order valence-corrected chi connectivity index (χ0v) is 15.9. The van der Waals surface area contributed by atoms with Crippen LogP contribution in [0.1, 0.15) is 19.8 Å². The highest BCUT2D eigenvalue weighted by Crippen LogP contribution is 2.38. The minimum absolute atomic E-state index is 0.205. The second-order valence-electron chi connectivity index (χ2n) is 7.03. The smallest absolute Gasteiger partial charge is 0.350 e. The molecule has 9 heteroatoms. The largest absolute Gasteiger partial charge is 0.494 e. The average molecular weight is 381 g/mol. The second-order valence-corrected chi connectivity index (χ2v) is 8.62. The first-order chi connectivity index (χ1) is 12.3. The Bertz CT molecular complexity index is 827. The van der Waals surface area contributed by atoms with Gasteiger partial charge in [-0.2, -0.15) is 0 Å². The Morgan fingerprint density at radius 1 is 1.35 bits per heavy atom. The van der Waals surface area contributed by atoms with E-state index in [1.807, 2.05) is 18.2 Å². The van der Waals surface area contributed by atoms with E-state index in [-0.39, 0.29) is 5.41 Å². The number of piperidine rings is 1.